The minimum atomic E-state index is 0. The predicted octanol–water partition coefficient (Wildman–Crippen LogP) is 2.32. The Bertz CT molecular complexity index is 350. The molecule has 98 valence electrons. The van der Waals surface area contributed by atoms with Gasteiger partial charge in [-0.2, -0.15) is 0 Å². The Morgan fingerprint density at radius 2 is 2.06 bits per heavy atom. The van der Waals surface area contributed by atoms with Crippen molar-refractivity contribution in [3.05, 3.63) is 22.2 Å². The molecule has 0 saturated heterocycles. The molecule has 6 heteroatoms. The van der Waals surface area contributed by atoms with E-state index in [9.17, 15) is 5.11 Å². The van der Waals surface area contributed by atoms with Crippen molar-refractivity contribution in [2.75, 3.05) is 27.4 Å². The highest BCUT2D eigenvalue weighted by molar-refractivity contribution is 9.10. The third kappa shape index (κ3) is 5.12. The third-order valence-electron chi connectivity index (χ3n) is 2.14. The van der Waals surface area contributed by atoms with Crippen LogP contribution in [-0.4, -0.2) is 32.5 Å². The highest BCUT2D eigenvalue weighted by Gasteiger charge is 2.09. The maximum absolute atomic E-state index is 9.85. The van der Waals surface area contributed by atoms with Crippen molar-refractivity contribution >= 4 is 28.3 Å². The molecule has 0 aliphatic heterocycles. The van der Waals surface area contributed by atoms with E-state index in [0.29, 0.717) is 18.9 Å². The second-order valence-electron chi connectivity index (χ2n) is 3.29. The summed E-state index contributed by atoms with van der Waals surface area (Å²) in [5.74, 6) is 0.647. The lowest BCUT2D eigenvalue weighted by Gasteiger charge is -2.10. The molecule has 1 rings (SSSR count). The van der Waals surface area contributed by atoms with Crippen molar-refractivity contribution in [1.29, 1.82) is 0 Å². The molecule has 0 atom stereocenters. The summed E-state index contributed by atoms with van der Waals surface area (Å²) in [6, 6.07) is 3.59. The molecule has 0 radical (unpaired) electrons. The fourth-order valence-corrected chi connectivity index (χ4v) is 1.80. The average Bonchev–Trinajstić information content (AvgIpc) is 2.28. The van der Waals surface area contributed by atoms with E-state index < -0.39 is 0 Å². The van der Waals surface area contributed by atoms with Crippen LogP contribution in [0.4, 0.5) is 0 Å². The van der Waals surface area contributed by atoms with Gasteiger partial charge in [0.2, 0.25) is 0 Å². The molecule has 0 amide bonds. The number of nitrogens with one attached hydrogen (secondary N) is 1. The number of methoxy groups -OCH3 is 2. The molecule has 1 aromatic rings. The van der Waals surface area contributed by atoms with E-state index in [4.69, 9.17) is 9.47 Å². The molecule has 0 bridgehead atoms. The van der Waals surface area contributed by atoms with Gasteiger partial charge in [0.1, 0.15) is 0 Å². The summed E-state index contributed by atoms with van der Waals surface area (Å²) in [5.41, 5.74) is 0.794. The van der Waals surface area contributed by atoms with Gasteiger partial charge in [0.25, 0.3) is 0 Å². The van der Waals surface area contributed by atoms with E-state index in [1.807, 2.05) is 6.07 Å². The van der Waals surface area contributed by atoms with Gasteiger partial charge in [0.15, 0.2) is 11.5 Å². The number of phenolic OH excluding ortho intramolecular Hbond substituents is 1. The molecule has 1 aromatic carbocycles. The number of ether oxygens (including phenoxy) is 2. The number of halogens is 2. The predicted molar refractivity (Wildman–Crippen MR) is 73.2 cm³/mol. The van der Waals surface area contributed by atoms with Gasteiger partial charge in [-0.25, -0.2) is 0 Å². The largest absolute Gasteiger partial charge is 0.504 e. The first-order valence-electron chi connectivity index (χ1n) is 4.94. The summed E-state index contributed by atoms with van der Waals surface area (Å²) in [7, 11) is 3.19. The zero-order valence-corrected chi connectivity index (χ0v) is 12.2. The normalized spacial score (nSPS) is 9.82. The van der Waals surface area contributed by atoms with E-state index >= 15 is 0 Å². The third-order valence-corrected chi connectivity index (χ3v) is 2.59. The summed E-state index contributed by atoms with van der Waals surface area (Å²) in [6.45, 7) is 1.96. The van der Waals surface area contributed by atoms with Crippen LogP contribution in [0.15, 0.2) is 16.6 Å². The minimum absolute atomic E-state index is 0. The maximum atomic E-state index is 9.85. The number of phenols is 1. The number of aromatic hydroxyl groups is 1. The molecule has 17 heavy (non-hydrogen) atoms. The topological polar surface area (TPSA) is 50.7 Å². The van der Waals surface area contributed by atoms with Gasteiger partial charge in [-0.3, -0.25) is 0 Å². The molecule has 0 saturated carbocycles. The van der Waals surface area contributed by atoms with Crippen molar-refractivity contribution in [3.63, 3.8) is 0 Å². The number of rotatable bonds is 6. The van der Waals surface area contributed by atoms with E-state index in [0.717, 1.165) is 16.6 Å². The first kappa shape index (κ1) is 16.5. The summed E-state index contributed by atoms with van der Waals surface area (Å²) >= 11 is 3.37. The van der Waals surface area contributed by atoms with E-state index in [-0.39, 0.29) is 18.2 Å². The summed E-state index contributed by atoms with van der Waals surface area (Å²) in [4.78, 5) is 0. The smallest absolute Gasteiger partial charge is 0.162 e. The molecule has 0 spiro atoms. The van der Waals surface area contributed by atoms with Crippen LogP contribution in [0.25, 0.3) is 0 Å². The van der Waals surface area contributed by atoms with Gasteiger partial charge in [-0.05, 0) is 12.1 Å². The Hall–Kier alpha value is -0.490. The monoisotopic (exact) mass is 325 g/mol. The average molecular weight is 327 g/mol. The Kier molecular flexibility index (Phi) is 8.33. The summed E-state index contributed by atoms with van der Waals surface area (Å²) in [6.07, 6.45) is 0. The fourth-order valence-electron chi connectivity index (χ4n) is 1.32. The number of benzene rings is 1. The van der Waals surface area contributed by atoms with Crippen molar-refractivity contribution in [2.24, 2.45) is 0 Å². The first-order chi connectivity index (χ1) is 7.69. The van der Waals surface area contributed by atoms with Crippen LogP contribution in [0.2, 0.25) is 0 Å². The summed E-state index contributed by atoms with van der Waals surface area (Å²) < 4.78 is 10.9. The molecular formula is C11H17BrClNO3. The zero-order valence-electron chi connectivity index (χ0n) is 9.83. The maximum Gasteiger partial charge on any atom is 0.162 e. The van der Waals surface area contributed by atoms with E-state index in [2.05, 4.69) is 21.2 Å². The lowest BCUT2D eigenvalue weighted by molar-refractivity contribution is 0.199. The lowest BCUT2D eigenvalue weighted by Crippen LogP contribution is -2.18. The molecule has 0 heterocycles. The van der Waals surface area contributed by atoms with Crippen LogP contribution in [0.5, 0.6) is 11.5 Å². The molecule has 0 aromatic heterocycles. The quantitative estimate of drug-likeness (QED) is 0.788. The van der Waals surface area contributed by atoms with Crippen molar-refractivity contribution < 1.29 is 14.6 Å². The molecule has 0 unspecified atom stereocenters. The van der Waals surface area contributed by atoms with Crippen molar-refractivity contribution in [2.45, 2.75) is 6.54 Å². The van der Waals surface area contributed by atoms with Gasteiger partial charge < -0.3 is 19.9 Å². The van der Waals surface area contributed by atoms with Crippen LogP contribution in [0, 0.1) is 0 Å². The molecule has 0 aliphatic rings. The van der Waals surface area contributed by atoms with Crippen LogP contribution >= 0.6 is 28.3 Å². The molecule has 4 nitrogen and oxygen atoms in total. The molecule has 2 N–H and O–H groups in total. The van der Waals surface area contributed by atoms with Gasteiger partial charge in [0, 0.05) is 30.2 Å². The van der Waals surface area contributed by atoms with Crippen molar-refractivity contribution in [1.82, 2.24) is 5.32 Å². The Balaban J connectivity index is 0.00000256. The van der Waals surface area contributed by atoms with E-state index in [1.54, 1.807) is 13.2 Å². The Morgan fingerprint density at radius 3 is 2.65 bits per heavy atom. The zero-order chi connectivity index (χ0) is 12.0. The van der Waals surface area contributed by atoms with Crippen LogP contribution in [0.1, 0.15) is 5.56 Å². The number of hydrogen-bond donors (Lipinski definition) is 2. The van der Waals surface area contributed by atoms with Crippen LogP contribution in [0.3, 0.4) is 0 Å². The Morgan fingerprint density at radius 1 is 1.35 bits per heavy atom. The highest BCUT2D eigenvalue weighted by Crippen LogP contribution is 2.33. The van der Waals surface area contributed by atoms with Gasteiger partial charge in [-0.1, -0.05) is 15.9 Å². The van der Waals surface area contributed by atoms with Crippen LogP contribution in [-0.2, 0) is 11.3 Å². The standard InChI is InChI=1S/C11H16BrNO3.ClH/c1-15-4-3-13-7-8-5-9(12)6-10(16-2)11(8)14;/h5-6,13-14H,3-4,7H2,1-2H3;1H. The second-order valence-corrected chi connectivity index (χ2v) is 4.20. The van der Waals surface area contributed by atoms with Crippen LogP contribution < -0.4 is 10.1 Å². The van der Waals surface area contributed by atoms with Crippen molar-refractivity contribution in [3.8, 4) is 11.5 Å². The van der Waals surface area contributed by atoms with E-state index in [1.165, 1.54) is 7.11 Å². The Labute approximate surface area is 116 Å². The molecule has 0 fully saturated rings. The summed E-state index contributed by atoms with van der Waals surface area (Å²) in [5, 5.41) is 13.0. The number of hydrogen-bond acceptors (Lipinski definition) is 4. The highest BCUT2D eigenvalue weighted by atomic mass is 79.9. The van der Waals surface area contributed by atoms with Gasteiger partial charge in [-0.15, -0.1) is 12.4 Å². The molecule has 0 aliphatic carbocycles. The van der Waals surface area contributed by atoms with Gasteiger partial charge >= 0.3 is 0 Å². The molecular weight excluding hydrogens is 309 g/mol. The second kappa shape index (κ2) is 8.58. The SMILES string of the molecule is COCCNCc1cc(Br)cc(OC)c1O.Cl. The van der Waals surface area contributed by atoms with Gasteiger partial charge in [0.05, 0.1) is 13.7 Å². The minimum Gasteiger partial charge on any atom is -0.504 e. The lowest BCUT2D eigenvalue weighted by atomic mass is 10.2. The first-order valence-corrected chi connectivity index (χ1v) is 5.73. The fraction of sp³-hybridized carbons (Fsp3) is 0.455.